The third-order valence-corrected chi connectivity index (χ3v) is 3.22. The quantitative estimate of drug-likeness (QED) is 0.755. The summed E-state index contributed by atoms with van der Waals surface area (Å²) in [6, 6.07) is 11.2. The largest absolute Gasteiger partial charge is 0.383 e. The molecule has 2 N–H and O–H groups in total. The van der Waals surface area contributed by atoms with E-state index in [9.17, 15) is 4.79 Å². The highest BCUT2D eigenvalue weighted by Gasteiger charge is 2.12. The fourth-order valence-electron chi connectivity index (χ4n) is 2.19. The molecular weight excluding hydrogens is 268 g/mol. The first-order valence-electron chi connectivity index (χ1n) is 6.68. The Labute approximate surface area is 121 Å². The van der Waals surface area contributed by atoms with Gasteiger partial charge in [-0.2, -0.15) is 0 Å². The number of aromatic nitrogens is 3. The zero-order valence-corrected chi connectivity index (χ0v) is 11.7. The summed E-state index contributed by atoms with van der Waals surface area (Å²) in [5.74, 6) is 0.246. The third kappa shape index (κ3) is 2.80. The molecule has 0 unspecified atom stereocenters. The number of imidazole rings is 1. The number of para-hydroxylation sites is 2. The average molecular weight is 284 g/mol. The van der Waals surface area contributed by atoms with Crippen molar-refractivity contribution in [3.8, 4) is 0 Å². The molecule has 0 atom stereocenters. The summed E-state index contributed by atoms with van der Waals surface area (Å²) in [6.45, 7) is 1.19. The van der Waals surface area contributed by atoms with E-state index in [0.717, 1.165) is 11.0 Å². The Hall–Kier alpha value is -2.60. The Balaban J connectivity index is 1.78. The zero-order valence-electron chi connectivity index (χ0n) is 11.7. The molecule has 2 heterocycles. The molecule has 0 aliphatic heterocycles. The van der Waals surface area contributed by atoms with Gasteiger partial charge in [0.15, 0.2) is 0 Å². The van der Waals surface area contributed by atoms with Crippen LogP contribution >= 0.6 is 0 Å². The molecule has 1 amide bonds. The second kappa shape index (κ2) is 5.80. The van der Waals surface area contributed by atoms with Gasteiger partial charge in [-0.25, -0.2) is 4.98 Å². The van der Waals surface area contributed by atoms with E-state index in [4.69, 9.17) is 4.74 Å². The number of nitrogens with zero attached hydrogens (tertiary/aromatic N) is 2. The van der Waals surface area contributed by atoms with Crippen LogP contribution in [0.4, 0.5) is 5.95 Å². The van der Waals surface area contributed by atoms with Crippen LogP contribution in [0.2, 0.25) is 0 Å². The number of methoxy groups -OCH3 is 1. The molecule has 108 valence electrons. The van der Waals surface area contributed by atoms with Gasteiger partial charge in [0, 0.05) is 19.9 Å². The molecule has 0 bridgehead atoms. The third-order valence-electron chi connectivity index (χ3n) is 3.22. The standard InChI is InChI=1S/C15H16N4O2/c1-21-10-9-19-8-4-7-13(19)14(20)18-15-16-11-5-2-3-6-12(11)17-15/h2-8H,9-10H2,1H3,(H2,16,17,18,20). The van der Waals surface area contributed by atoms with Crippen LogP contribution < -0.4 is 5.32 Å². The first-order valence-corrected chi connectivity index (χ1v) is 6.68. The molecule has 0 radical (unpaired) electrons. The molecule has 0 saturated carbocycles. The highest BCUT2D eigenvalue weighted by Crippen LogP contribution is 2.14. The first kappa shape index (κ1) is 13.4. The maximum absolute atomic E-state index is 12.3. The van der Waals surface area contributed by atoms with Crippen LogP contribution in [0.3, 0.4) is 0 Å². The second-order valence-electron chi connectivity index (χ2n) is 4.64. The summed E-state index contributed by atoms with van der Waals surface area (Å²) in [7, 11) is 1.64. The van der Waals surface area contributed by atoms with E-state index in [0.29, 0.717) is 24.8 Å². The van der Waals surface area contributed by atoms with Crippen LogP contribution in [0, 0.1) is 0 Å². The minimum atomic E-state index is -0.199. The number of hydrogen-bond acceptors (Lipinski definition) is 3. The fourth-order valence-corrected chi connectivity index (χ4v) is 2.19. The monoisotopic (exact) mass is 284 g/mol. The molecule has 0 aliphatic carbocycles. The number of fused-ring (bicyclic) bond motifs is 1. The number of anilines is 1. The van der Waals surface area contributed by atoms with E-state index >= 15 is 0 Å². The van der Waals surface area contributed by atoms with Gasteiger partial charge in [0.05, 0.1) is 17.6 Å². The molecule has 6 nitrogen and oxygen atoms in total. The summed E-state index contributed by atoms with van der Waals surface area (Å²) < 4.78 is 6.89. The lowest BCUT2D eigenvalue weighted by molar-refractivity contribution is 0.101. The molecule has 6 heteroatoms. The van der Waals surface area contributed by atoms with E-state index in [1.54, 1.807) is 13.2 Å². The predicted molar refractivity (Wildman–Crippen MR) is 80.4 cm³/mol. The van der Waals surface area contributed by atoms with Crippen LogP contribution in [-0.4, -0.2) is 34.2 Å². The number of hydrogen-bond donors (Lipinski definition) is 2. The number of benzene rings is 1. The predicted octanol–water partition coefficient (Wildman–Crippen LogP) is 2.26. The van der Waals surface area contributed by atoms with Crippen molar-refractivity contribution < 1.29 is 9.53 Å². The number of nitrogens with one attached hydrogen (secondary N) is 2. The van der Waals surface area contributed by atoms with Gasteiger partial charge in [0.25, 0.3) is 5.91 Å². The van der Waals surface area contributed by atoms with E-state index in [2.05, 4.69) is 15.3 Å². The van der Waals surface area contributed by atoms with Gasteiger partial charge in [-0.3, -0.25) is 10.1 Å². The maximum atomic E-state index is 12.3. The van der Waals surface area contributed by atoms with Gasteiger partial charge in [-0.05, 0) is 24.3 Å². The Morgan fingerprint density at radius 2 is 2.19 bits per heavy atom. The molecule has 3 rings (SSSR count). The number of H-pyrrole nitrogens is 1. The topological polar surface area (TPSA) is 71.9 Å². The van der Waals surface area contributed by atoms with Crippen molar-refractivity contribution in [3.05, 3.63) is 48.3 Å². The average Bonchev–Trinajstić information content (AvgIpc) is 3.10. The summed E-state index contributed by atoms with van der Waals surface area (Å²) in [5.41, 5.74) is 2.29. The molecule has 0 aliphatic rings. The van der Waals surface area contributed by atoms with Gasteiger partial charge in [0.1, 0.15) is 5.69 Å². The SMILES string of the molecule is COCCn1cccc1C(=O)Nc1nc2ccccc2[nH]1. The number of rotatable bonds is 5. The van der Waals surface area contributed by atoms with Crippen molar-refractivity contribution >= 4 is 22.9 Å². The number of carbonyl (C=O) groups is 1. The molecule has 2 aromatic heterocycles. The lowest BCUT2D eigenvalue weighted by Gasteiger charge is -2.07. The lowest BCUT2D eigenvalue weighted by atomic mass is 10.3. The highest BCUT2D eigenvalue weighted by molar-refractivity contribution is 6.02. The smallest absolute Gasteiger partial charge is 0.274 e. The summed E-state index contributed by atoms with van der Waals surface area (Å²) in [6.07, 6.45) is 1.85. The second-order valence-corrected chi connectivity index (χ2v) is 4.64. The fraction of sp³-hybridized carbons (Fsp3) is 0.200. The van der Waals surface area contributed by atoms with Gasteiger partial charge in [0.2, 0.25) is 5.95 Å². The van der Waals surface area contributed by atoms with Crippen molar-refractivity contribution in [3.63, 3.8) is 0 Å². The van der Waals surface area contributed by atoms with Crippen molar-refractivity contribution in [2.45, 2.75) is 6.54 Å². The Bertz CT molecular complexity index is 727. The lowest BCUT2D eigenvalue weighted by Crippen LogP contribution is -2.18. The zero-order chi connectivity index (χ0) is 14.7. The van der Waals surface area contributed by atoms with Crippen LogP contribution in [0.15, 0.2) is 42.6 Å². The number of amides is 1. The van der Waals surface area contributed by atoms with E-state index in [1.807, 2.05) is 41.1 Å². The van der Waals surface area contributed by atoms with Crippen LogP contribution in [0.1, 0.15) is 10.5 Å². The normalized spacial score (nSPS) is 10.9. The molecule has 0 saturated heterocycles. The van der Waals surface area contributed by atoms with Crippen molar-refractivity contribution in [1.82, 2.24) is 14.5 Å². The number of carbonyl (C=O) groups excluding carboxylic acids is 1. The molecule has 1 aromatic carbocycles. The van der Waals surface area contributed by atoms with E-state index in [1.165, 1.54) is 0 Å². The first-order chi connectivity index (χ1) is 10.3. The number of ether oxygens (including phenoxy) is 1. The van der Waals surface area contributed by atoms with E-state index < -0.39 is 0 Å². The maximum Gasteiger partial charge on any atom is 0.274 e. The van der Waals surface area contributed by atoms with Gasteiger partial charge >= 0.3 is 0 Å². The minimum absolute atomic E-state index is 0.199. The van der Waals surface area contributed by atoms with Crippen molar-refractivity contribution in [1.29, 1.82) is 0 Å². The summed E-state index contributed by atoms with van der Waals surface area (Å²) in [4.78, 5) is 19.7. The Morgan fingerprint density at radius 1 is 1.33 bits per heavy atom. The van der Waals surface area contributed by atoms with Crippen molar-refractivity contribution in [2.75, 3.05) is 19.0 Å². The minimum Gasteiger partial charge on any atom is -0.383 e. The van der Waals surface area contributed by atoms with Crippen LogP contribution in [0.5, 0.6) is 0 Å². The highest BCUT2D eigenvalue weighted by atomic mass is 16.5. The van der Waals surface area contributed by atoms with Gasteiger partial charge < -0.3 is 14.3 Å². The Morgan fingerprint density at radius 3 is 3.00 bits per heavy atom. The van der Waals surface area contributed by atoms with Gasteiger partial charge in [-0.1, -0.05) is 12.1 Å². The molecule has 21 heavy (non-hydrogen) atoms. The summed E-state index contributed by atoms with van der Waals surface area (Å²) in [5, 5.41) is 2.78. The van der Waals surface area contributed by atoms with Crippen molar-refractivity contribution in [2.24, 2.45) is 0 Å². The summed E-state index contributed by atoms with van der Waals surface area (Å²) >= 11 is 0. The molecular formula is C15H16N4O2. The van der Waals surface area contributed by atoms with Gasteiger partial charge in [-0.15, -0.1) is 0 Å². The molecule has 0 fully saturated rings. The molecule has 0 spiro atoms. The van der Waals surface area contributed by atoms with Crippen LogP contribution in [-0.2, 0) is 11.3 Å². The Kier molecular flexibility index (Phi) is 3.70. The number of aromatic amines is 1. The van der Waals surface area contributed by atoms with E-state index in [-0.39, 0.29) is 5.91 Å². The van der Waals surface area contributed by atoms with Crippen LogP contribution in [0.25, 0.3) is 11.0 Å². The molecule has 3 aromatic rings.